The Kier molecular flexibility index (Phi) is 14.6. The third-order valence-electron chi connectivity index (χ3n) is 27.3. The predicted molar refractivity (Wildman–Crippen MR) is 457 cm³/mol. The second kappa shape index (κ2) is 24.0. The van der Waals surface area contributed by atoms with Gasteiger partial charge in [0.25, 0.3) is 0 Å². The molecule has 0 amide bonds. The summed E-state index contributed by atoms with van der Waals surface area (Å²) >= 11 is 0. The highest BCUT2D eigenvalue weighted by atomic mass is 16.3. The number of furan rings is 3. The van der Waals surface area contributed by atoms with Gasteiger partial charge in [0.2, 0.25) is 0 Å². The fourth-order valence-corrected chi connectivity index (χ4v) is 21.8. The molecule has 4 heteroatoms. The molecule has 0 bridgehead atoms. The number of para-hydroxylation sites is 3. The van der Waals surface area contributed by atoms with Crippen molar-refractivity contribution in [1.82, 2.24) is 0 Å². The lowest BCUT2D eigenvalue weighted by molar-refractivity contribution is 0.399. The highest BCUT2D eigenvalue weighted by Crippen LogP contribution is 2.65. The highest BCUT2D eigenvalue weighted by molar-refractivity contribution is 6.22. The summed E-state index contributed by atoms with van der Waals surface area (Å²) in [5.41, 5.74) is 39.2. The van der Waals surface area contributed by atoms with Gasteiger partial charge in [-0.1, -0.05) is 285 Å². The fourth-order valence-electron chi connectivity index (χ4n) is 21.8. The van der Waals surface area contributed by atoms with Crippen LogP contribution in [-0.2, 0) is 27.1 Å². The third-order valence-corrected chi connectivity index (χ3v) is 27.3. The average molecular weight is 1420 g/mol. The summed E-state index contributed by atoms with van der Waals surface area (Å²) in [4.78, 5) is 2.49. The molecule has 0 N–H and O–H groups in total. The van der Waals surface area contributed by atoms with Crippen LogP contribution in [0.1, 0.15) is 202 Å². The normalized spacial score (nSPS) is 15.7. The van der Waals surface area contributed by atoms with Gasteiger partial charge in [-0.15, -0.1) is 0 Å². The van der Waals surface area contributed by atoms with Crippen LogP contribution >= 0.6 is 0 Å². The van der Waals surface area contributed by atoms with E-state index in [4.69, 9.17) is 13.3 Å². The molecule has 3 aromatic heterocycles. The van der Waals surface area contributed by atoms with Gasteiger partial charge in [0.15, 0.2) is 0 Å². The number of anilines is 3. The molecule has 0 saturated heterocycles. The Morgan fingerprint density at radius 2 is 0.688 bits per heavy atom. The van der Waals surface area contributed by atoms with E-state index in [1.165, 1.54) is 205 Å². The molecular weight excluding hydrogens is 1320 g/mol. The minimum absolute atomic E-state index is 0.0250. The maximum atomic E-state index is 7.27. The summed E-state index contributed by atoms with van der Waals surface area (Å²) in [5.74, 6) is 0. The van der Waals surface area contributed by atoms with Gasteiger partial charge in [-0.2, -0.15) is 0 Å². The molecule has 4 nitrogen and oxygen atoms in total. The minimum Gasteiger partial charge on any atom is -0.456 e. The van der Waals surface area contributed by atoms with E-state index in [0.29, 0.717) is 0 Å². The van der Waals surface area contributed by atoms with Crippen LogP contribution in [0.25, 0.3) is 144 Å². The first-order valence-corrected chi connectivity index (χ1v) is 40.7. The number of benzene rings is 13. The monoisotopic (exact) mass is 1420 g/mol. The molecule has 5 aliphatic rings. The van der Waals surface area contributed by atoms with Gasteiger partial charge >= 0.3 is 0 Å². The fraction of sp³-hybridized carbons (Fsp3) is 0.257. The highest BCUT2D eigenvalue weighted by Gasteiger charge is 2.50. The largest absolute Gasteiger partial charge is 0.456 e. The molecule has 0 unspecified atom stereocenters. The lowest BCUT2D eigenvalue weighted by atomic mass is 9.70. The van der Waals surface area contributed by atoms with Gasteiger partial charge in [-0.25, -0.2) is 0 Å². The summed E-state index contributed by atoms with van der Waals surface area (Å²) < 4.78 is 21.1. The maximum absolute atomic E-state index is 7.27. The third kappa shape index (κ3) is 9.36. The van der Waals surface area contributed by atoms with Crippen molar-refractivity contribution in [2.24, 2.45) is 0 Å². The predicted octanol–water partition coefficient (Wildman–Crippen LogP) is 30.4. The van der Waals surface area contributed by atoms with E-state index in [1.54, 1.807) is 11.1 Å². The minimum atomic E-state index is -0.423. The molecule has 0 spiro atoms. The molecule has 0 fully saturated rings. The van der Waals surface area contributed by atoms with Crippen molar-refractivity contribution in [3.63, 3.8) is 0 Å². The molecule has 0 atom stereocenters. The Labute approximate surface area is 640 Å². The first-order valence-electron chi connectivity index (χ1n) is 40.7. The van der Waals surface area contributed by atoms with Crippen molar-refractivity contribution in [2.75, 3.05) is 4.90 Å². The molecule has 21 rings (SSSR count). The van der Waals surface area contributed by atoms with Gasteiger partial charge in [-0.05, 0) is 214 Å². The van der Waals surface area contributed by atoms with Crippen molar-refractivity contribution in [1.29, 1.82) is 0 Å². The summed E-state index contributed by atoms with van der Waals surface area (Å²) in [5, 5.41) is 6.89. The molecule has 109 heavy (non-hydrogen) atoms. The first kappa shape index (κ1) is 66.3. The Morgan fingerprint density at radius 1 is 0.266 bits per heavy atom. The lowest BCUT2D eigenvalue weighted by Crippen LogP contribution is -2.25. The Hall–Kier alpha value is -10.9. The van der Waals surface area contributed by atoms with Gasteiger partial charge in [-0.3, -0.25) is 0 Å². The van der Waals surface area contributed by atoms with E-state index in [0.717, 1.165) is 77.7 Å². The van der Waals surface area contributed by atoms with Gasteiger partial charge in [0, 0.05) is 93.6 Å². The van der Waals surface area contributed by atoms with E-state index in [9.17, 15) is 0 Å². The van der Waals surface area contributed by atoms with E-state index < -0.39 is 10.8 Å². The Morgan fingerprint density at radius 3 is 1.34 bits per heavy atom. The van der Waals surface area contributed by atoms with Crippen LogP contribution < -0.4 is 4.90 Å². The van der Waals surface area contributed by atoms with Crippen LogP contribution in [0.3, 0.4) is 0 Å². The van der Waals surface area contributed by atoms with Crippen LogP contribution in [0, 0.1) is 0 Å². The van der Waals surface area contributed by atoms with Gasteiger partial charge in [0.05, 0.1) is 0 Å². The molecule has 16 aromatic rings. The number of rotatable bonds is 17. The Balaban J connectivity index is 0.675. The van der Waals surface area contributed by atoms with Crippen molar-refractivity contribution >= 4 is 82.9 Å². The average Bonchev–Trinajstić information content (AvgIpc) is 1.50. The quantitative estimate of drug-likeness (QED) is 0.0852. The van der Waals surface area contributed by atoms with Crippen molar-refractivity contribution in [3.05, 3.63) is 292 Å². The molecule has 13 aromatic carbocycles. The number of unbranched alkanes of at least 4 members (excludes halogenated alkanes) is 8. The zero-order valence-electron chi connectivity index (χ0n) is 64.7. The summed E-state index contributed by atoms with van der Waals surface area (Å²) in [6.07, 6.45) is 15.4. The zero-order chi connectivity index (χ0) is 73.8. The van der Waals surface area contributed by atoms with Crippen LogP contribution in [0.15, 0.2) is 250 Å². The van der Waals surface area contributed by atoms with Crippen molar-refractivity contribution < 1.29 is 13.3 Å². The van der Waals surface area contributed by atoms with E-state index in [2.05, 4.69) is 311 Å². The molecule has 3 heterocycles. The van der Waals surface area contributed by atoms with Crippen LogP contribution in [0.5, 0.6) is 0 Å². The van der Waals surface area contributed by atoms with Crippen LogP contribution in [0.4, 0.5) is 17.1 Å². The van der Waals surface area contributed by atoms with Gasteiger partial charge in [0.1, 0.15) is 33.5 Å². The molecule has 536 valence electrons. The smallest absolute Gasteiger partial charge is 0.144 e. The van der Waals surface area contributed by atoms with Crippen LogP contribution in [-0.4, -0.2) is 0 Å². The molecule has 5 aliphatic carbocycles. The van der Waals surface area contributed by atoms with Crippen molar-refractivity contribution in [2.45, 2.75) is 173 Å². The van der Waals surface area contributed by atoms with E-state index in [1.807, 2.05) is 0 Å². The molecule has 0 saturated carbocycles. The van der Waals surface area contributed by atoms with Crippen molar-refractivity contribution in [3.8, 4) is 77.9 Å². The number of hydrogen-bond acceptors (Lipinski definition) is 4. The summed E-state index contributed by atoms with van der Waals surface area (Å²) in [6, 6.07) is 90.4. The molecular formula is C105H93NO3. The zero-order valence-corrected chi connectivity index (χ0v) is 64.7. The Bertz CT molecular complexity index is 6530. The second-order valence-electron chi connectivity index (χ2n) is 34.8. The number of nitrogens with zero attached hydrogens (tertiary/aromatic N) is 1. The number of hydrogen-bond donors (Lipinski definition) is 0. The number of fused-ring (bicyclic) bond motifs is 28. The van der Waals surface area contributed by atoms with E-state index in [-0.39, 0.29) is 16.2 Å². The van der Waals surface area contributed by atoms with Gasteiger partial charge < -0.3 is 18.2 Å². The molecule has 0 aliphatic heterocycles. The molecule has 0 radical (unpaired) electrons. The SMILES string of the molecule is CCCCCCCC1(CCCCCCC)c2ccccc2-c2ccc(-c3ccc4c(c3)C(C)(C)c3cc(-c5cc6c(c7c5oc5ccccc57)-c5ccc(N(c7ccc8c(c7)C(C)(C)c7c9c(c%10oc%11ccccc%11c%10c7-8)-c7ccccc7C9(C)C)c7ccc8c(c7)oc7ccccc78)cc5C6(C)C)ccc3-4)cc21. The topological polar surface area (TPSA) is 42.7 Å². The second-order valence-corrected chi connectivity index (χ2v) is 34.8. The lowest BCUT2D eigenvalue weighted by Gasteiger charge is -2.33. The first-order chi connectivity index (χ1) is 53.0. The van der Waals surface area contributed by atoms with Crippen LogP contribution in [0.2, 0.25) is 0 Å². The summed E-state index contributed by atoms with van der Waals surface area (Å²) in [7, 11) is 0. The maximum Gasteiger partial charge on any atom is 0.144 e. The van der Waals surface area contributed by atoms with E-state index >= 15 is 0 Å². The summed E-state index contributed by atoms with van der Waals surface area (Å²) in [6.45, 7) is 24.2. The standard InChI is InChI=1S/C105H93NO3/c1-11-13-15-17-29-53-105(54-30-18-16-14-12-2)81-37-25-19-31-68(81)71-48-42-63(56-86(71)105)62-41-47-69-70-49-43-64(57-83(70)101(3,4)82(69)55-62)79-61-87-92(94-77-34-22-27-39-89(77)108-99(79)94)75-51-45-65(58-84(75)102(87,5)6)106(67-44-50-73-72-32-21-26-38-88(72)107-91(73)60-67)66-46-52-76-85(59-66)104(9,10)97-93(76)95-78-35-23-28-40-90(78)109-100(95)96-74-33-20-24-36-80(74)103(7,8)98(96)97/h19-28,31-52,55-61H,11-18,29-30,53-54H2,1-10H3.